The second-order valence-corrected chi connectivity index (χ2v) is 8.24. The Kier molecular flexibility index (Phi) is 4.74. The molecule has 3 heterocycles. The van der Waals surface area contributed by atoms with Gasteiger partial charge < -0.3 is 4.90 Å². The van der Waals surface area contributed by atoms with E-state index in [4.69, 9.17) is 0 Å². The Morgan fingerprint density at radius 2 is 2.13 bits per heavy atom. The van der Waals surface area contributed by atoms with E-state index in [2.05, 4.69) is 9.71 Å². The van der Waals surface area contributed by atoms with E-state index in [-0.39, 0.29) is 16.7 Å². The van der Waals surface area contributed by atoms with Crippen LogP contribution in [0.25, 0.3) is 0 Å². The highest BCUT2D eigenvalue weighted by molar-refractivity contribution is 7.91. The van der Waals surface area contributed by atoms with E-state index in [1.807, 2.05) is 0 Å². The number of carbonyl (C=O) groups is 1. The number of aromatic nitrogens is 1. The molecule has 0 aliphatic carbocycles. The molecule has 1 aliphatic heterocycles. The van der Waals surface area contributed by atoms with Crippen LogP contribution in [0, 0.1) is 0 Å². The van der Waals surface area contributed by atoms with E-state index in [9.17, 15) is 13.2 Å². The number of nitrogens with zero attached hydrogens (tertiary/aromatic N) is 2. The zero-order valence-electron chi connectivity index (χ0n) is 12.4. The molecule has 2 aromatic rings. The summed E-state index contributed by atoms with van der Waals surface area (Å²) >= 11 is 1.07. The minimum atomic E-state index is -3.62. The zero-order chi connectivity index (χ0) is 16.3. The molecule has 0 bridgehead atoms. The number of rotatable bonds is 5. The Morgan fingerprint density at radius 1 is 1.35 bits per heavy atom. The highest BCUT2D eigenvalue weighted by Crippen LogP contribution is 2.23. The van der Waals surface area contributed by atoms with Gasteiger partial charge in [0.05, 0.1) is 5.56 Å². The predicted molar refractivity (Wildman–Crippen MR) is 87.7 cm³/mol. The van der Waals surface area contributed by atoms with Gasteiger partial charge in [-0.2, -0.15) is 0 Å². The van der Waals surface area contributed by atoms with Crippen LogP contribution in [0.15, 0.2) is 40.2 Å². The van der Waals surface area contributed by atoms with Crippen LogP contribution in [0.5, 0.6) is 0 Å². The zero-order valence-corrected chi connectivity index (χ0v) is 14.1. The van der Waals surface area contributed by atoms with Crippen LogP contribution in [0.2, 0.25) is 0 Å². The summed E-state index contributed by atoms with van der Waals surface area (Å²) in [7, 11) is -3.62. The van der Waals surface area contributed by atoms with Gasteiger partial charge in [0.25, 0.3) is 5.91 Å². The molecule has 1 fully saturated rings. The van der Waals surface area contributed by atoms with Crippen molar-refractivity contribution in [2.24, 2.45) is 0 Å². The first-order valence-corrected chi connectivity index (χ1v) is 9.69. The largest absolute Gasteiger partial charge is 0.339 e. The van der Waals surface area contributed by atoms with Crippen LogP contribution in [0.1, 0.15) is 28.8 Å². The number of thiophene rings is 1. The van der Waals surface area contributed by atoms with Crippen molar-refractivity contribution in [1.82, 2.24) is 14.6 Å². The van der Waals surface area contributed by atoms with Gasteiger partial charge in [0, 0.05) is 37.4 Å². The number of pyridine rings is 1. The van der Waals surface area contributed by atoms with E-state index in [1.165, 1.54) is 6.07 Å². The Morgan fingerprint density at radius 3 is 2.83 bits per heavy atom. The lowest BCUT2D eigenvalue weighted by atomic mass is 10.3. The summed E-state index contributed by atoms with van der Waals surface area (Å²) in [5.41, 5.74) is 1.22. The van der Waals surface area contributed by atoms with Crippen LogP contribution < -0.4 is 4.72 Å². The van der Waals surface area contributed by atoms with Crippen molar-refractivity contribution in [2.45, 2.75) is 23.6 Å². The van der Waals surface area contributed by atoms with Gasteiger partial charge in [0.2, 0.25) is 10.0 Å². The van der Waals surface area contributed by atoms with E-state index in [0.29, 0.717) is 5.56 Å². The van der Waals surface area contributed by atoms with Crippen LogP contribution in [-0.2, 0) is 16.6 Å². The topological polar surface area (TPSA) is 79.4 Å². The fourth-order valence-electron chi connectivity index (χ4n) is 2.42. The standard InChI is InChI=1S/C15H17N3O3S2/c19-15(18-6-1-2-7-18)13-8-14(22-11-13)23(20,21)17-10-12-4-3-5-16-9-12/h3-5,8-9,11,17H,1-2,6-7,10H2. The number of nitrogens with one attached hydrogen (secondary N) is 1. The first-order valence-electron chi connectivity index (χ1n) is 7.33. The second-order valence-electron chi connectivity index (χ2n) is 5.34. The van der Waals surface area contributed by atoms with Gasteiger partial charge in [0.1, 0.15) is 4.21 Å². The number of amides is 1. The molecule has 0 aromatic carbocycles. The quantitative estimate of drug-likeness (QED) is 0.892. The van der Waals surface area contributed by atoms with Gasteiger partial charge in [-0.3, -0.25) is 9.78 Å². The van der Waals surface area contributed by atoms with Gasteiger partial charge in [-0.25, -0.2) is 13.1 Å². The van der Waals surface area contributed by atoms with Gasteiger partial charge >= 0.3 is 0 Å². The van der Waals surface area contributed by atoms with Crippen molar-refractivity contribution in [3.8, 4) is 0 Å². The third kappa shape index (κ3) is 3.77. The maximum atomic E-state index is 12.3. The average molecular weight is 351 g/mol. The van der Waals surface area contributed by atoms with Crippen LogP contribution in [0.3, 0.4) is 0 Å². The summed E-state index contributed by atoms with van der Waals surface area (Å²) in [5.74, 6) is -0.0903. The smallest absolute Gasteiger partial charge is 0.254 e. The monoisotopic (exact) mass is 351 g/mol. The Bertz CT molecular complexity index is 781. The van der Waals surface area contributed by atoms with E-state index < -0.39 is 10.0 Å². The summed E-state index contributed by atoms with van der Waals surface area (Å²) in [6, 6.07) is 5.00. The molecular weight excluding hydrogens is 334 g/mol. The minimum absolute atomic E-state index is 0.0903. The molecule has 122 valence electrons. The van der Waals surface area contributed by atoms with E-state index >= 15 is 0 Å². The number of sulfonamides is 1. The van der Waals surface area contributed by atoms with Crippen molar-refractivity contribution in [1.29, 1.82) is 0 Å². The SMILES string of the molecule is O=C(c1csc(S(=O)(=O)NCc2cccnc2)c1)N1CCCC1. The summed E-state index contributed by atoms with van der Waals surface area (Å²) in [6.45, 7) is 1.66. The molecule has 6 nitrogen and oxygen atoms in total. The third-order valence-corrected chi connectivity index (χ3v) is 6.51. The molecule has 23 heavy (non-hydrogen) atoms. The Labute approximate surface area is 139 Å². The molecule has 0 spiro atoms. The normalized spacial score (nSPS) is 15.0. The summed E-state index contributed by atoms with van der Waals surface area (Å²) in [6.07, 6.45) is 5.26. The van der Waals surface area contributed by atoms with Crippen molar-refractivity contribution in [3.05, 3.63) is 47.1 Å². The number of carbonyl (C=O) groups excluding carboxylic acids is 1. The molecule has 1 N–H and O–H groups in total. The van der Waals surface area contributed by atoms with Crippen LogP contribution in [-0.4, -0.2) is 37.3 Å². The minimum Gasteiger partial charge on any atom is -0.339 e. The molecule has 2 aromatic heterocycles. The number of likely N-dealkylation sites (tertiary alicyclic amines) is 1. The summed E-state index contributed by atoms with van der Waals surface area (Å²) in [5, 5.41) is 1.61. The molecule has 0 radical (unpaired) electrons. The maximum Gasteiger partial charge on any atom is 0.254 e. The molecule has 0 saturated carbocycles. The van der Waals surface area contributed by atoms with Gasteiger partial charge in [0.15, 0.2) is 0 Å². The Hall–Kier alpha value is -1.77. The maximum absolute atomic E-state index is 12.3. The van der Waals surface area contributed by atoms with Crippen molar-refractivity contribution >= 4 is 27.3 Å². The molecule has 0 atom stereocenters. The third-order valence-electron chi connectivity index (χ3n) is 3.67. The fraction of sp³-hybridized carbons (Fsp3) is 0.333. The highest BCUT2D eigenvalue weighted by atomic mass is 32.2. The van der Waals surface area contributed by atoms with E-state index in [1.54, 1.807) is 34.8 Å². The highest BCUT2D eigenvalue weighted by Gasteiger charge is 2.23. The fourth-order valence-corrected chi connectivity index (χ4v) is 4.64. The van der Waals surface area contributed by atoms with Crippen molar-refractivity contribution in [3.63, 3.8) is 0 Å². The number of hydrogen-bond acceptors (Lipinski definition) is 5. The Balaban J connectivity index is 1.69. The van der Waals surface area contributed by atoms with Gasteiger partial charge in [-0.15, -0.1) is 11.3 Å². The molecule has 1 saturated heterocycles. The first kappa shape index (κ1) is 16.1. The lowest BCUT2D eigenvalue weighted by Crippen LogP contribution is -2.27. The lowest BCUT2D eigenvalue weighted by molar-refractivity contribution is 0.0793. The van der Waals surface area contributed by atoms with Crippen molar-refractivity contribution < 1.29 is 13.2 Å². The lowest BCUT2D eigenvalue weighted by Gasteiger charge is -2.13. The second kappa shape index (κ2) is 6.77. The predicted octanol–water partition coefficient (Wildman–Crippen LogP) is 1.86. The van der Waals surface area contributed by atoms with Crippen molar-refractivity contribution in [2.75, 3.05) is 13.1 Å². The molecule has 1 amide bonds. The summed E-state index contributed by atoms with van der Waals surface area (Å²) in [4.78, 5) is 18.0. The molecule has 1 aliphatic rings. The van der Waals surface area contributed by atoms with E-state index in [0.717, 1.165) is 42.8 Å². The summed E-state index contributed by atoms with van der Waals surface area (Å²) < 4.78 is 27.3. The molecular formula is C15H17N3O3S2. The van der Waals surface area contributed by atoms with Gasteiger partial charge in [-0.05, 0) is 30.5 Å². The molecule has 8 heteroatoms. The van der Waals surface area contributed by atoms with Crippen LogP contribution in [0.4, 0.5) is 0 Å². The molecule has 3 rings (SSSR count). The van der Waals surface area contributed by atoms with Gasteiger partial charge in [-0.1, -0.05) is 6.07 Å². The first-order chi connectivity index (χ1) is 11.1. The molecule has 0 unspecified atom stereocenters. The number of hydrogen-bond donors (Lipinski definition) is 1. The van der Waals surface area contributed by atoms with Crippen LogP contribution >= 0.6 is 11.3 Å². The average Bonchev–Trinajstić information content (AvgIpc) is 3.25.